The predicted octanol–water partition coefficient (Wildman–Crippen LogP) is 4.69. The molecular weight excluding hydrogens is 401 g/mol. The van der Waals surface area contributed by atoms with E-state index in [-0.39, 0.29) is 11.6 Å². The lowest BCUT2D eigenvalue weighted by atomic mass is 10.2. The van der Waals surface area contributed by atoms with Crippen molar-refractivity contribution < 1.29 is 9.18 Å². The maximum absolute atomic E-state index is 14.5. The monoisotopic (exact) mass is 417 g/mol. The number of amides is 1. The highest BCUT2D eigenvalue weighted by Gasteiger charge is 2.25. The van der Waals surface area contributed by atoms with Gasteiger partial charge >= 0.3 is 0 Å². The lowest BCUT2D eigenvalue weighted by Crippen LogP contribution is -2.27. The van der Waals surface area contributed by atoms with Crippen molar-refractivity contribution in [2.24, 2.45) is 0 Å². The minimum Gasteiger partial charge on any atom is -0.308 e. The number of anilines is 1. The normalized spacial score (nSPS) is 11.1. The second-order valence-corrected chi connectivity index (χ2v) is 7.67. The van der Waals surface area contributed by atoms with Crippen LogP contribution in [0.25, 0.3) is 21.7 Å². The summed E-state index contributed by atoms with van der Waals surface area (Å²) in [6.45, 7) is 0. The number of carbonyl (C=O) groups excluding carboxylic acids is 1. The molecule has 0 N–H and O–H groups in total. The van der Waals surface area contributed by atoms with E-state index < -0.39 is 5.82 Å². The Morgan fingerprint density at radius 1 is 1.03 bits per heavy atom. The van der Waals surface area contributed by atoms with Crippen molar-refractivity contribution in [3.8, 4) is 11.5 Å². The predicted molar refractivity (Wildman–Crippen MR) is 115 cm³/mol. The number of carbonyl (C=O) groups is 1. The van der Waals surface area contributed by atoms with Gasteiger partial charge in [-0.3, -0.25) is 9.69 Å². The zero-order valence-corrected chi connectivity index (χ0v) is 16.8. The summed E-state index contributed by atoms with van der Waals surface area (Å²) in [6.07, 6.45) is 5.06. The fraction of sp³-hybridized carbons (Fsp3) is 0.0455. The molecule has 0 atom stereocenters. The molecule has 0 aliphatic heterocycles. The molecule has 0 radical (unpaired) electrons. The van der Waals surface area contributed by atoms with Gasteiger partial charge in [0, 0.05) is 19.4 Å². The minimum absolute atomic E-state index is 0.267. The Hall–Kier alpha value is -3.78. The number of aromatic nitrogens is 4. The second kappa shape index (κ2) is 7.23. The van der Waals surface area contributed by atoms with Gasteiger partial charge in [0.15, 0.2) is 10.9 Å². The highest BCUT2D eigenvalue weighted by Crippen LogP contribution is 2.30. The zero-order chi connectivity index (χ0) is 20.7. The van der Waals surface area contributed by atoms with E-state index >= 15 is 0 Å². The number of hydrogen-bond acceptors (Lipinski definition) is 4. The van der Waals surface area contributed by atoms with E-state index in [1.807, 2.05) is 36.4 Å². The van der Waals surface area contributed by atoms with Crippen LogP contribution in [0.4, 0.5) is 9.52 Å². The summed E-state index contributed by atoms with van der Waals surface area (Å²) in [5.74, 6) is -0.240. The Bertz CT molecular complexity index is 1320. The first kappa shape index (κ1) is 18.3. The molecule has 0 saturated carbocycles. The lowest BCUT2D eigenvalue weighted by Gasteiger charge is -2.15. The lowest BCUT2D eigenvalue weighted by molar-refractivity contribution is 0.0993. The Kier molecular flexibility index (Phi) is 4.40. The number of thiazole rings is 1. The average molecular weight is 417 g/mol. The van der Waals surface area contributed by atoms with E-state index in [0.29, 0.717) is 16.5 Å². The molecule has 6 nitrogen and oxygen atoms in total. The Morgan fingerprint density at radius 2 is 1.77 bits per heavy atom. The molecule has 0 aliphatic carbocycles. The standard InChI is InChI=1S/C22H16FN5OS/c1-26(22-25-17-9-3-5-11-19(17)30-22)21(29)15-14-24-28(18-10-4-2-8-16(18)23)20(15)27-12-6-7-13-27/h2-14H,1H3. The topological polar surface area (TPSA) is 56.0 Å². The van der Waals surface area contributed by atoms with Gasteiger partial charge < -0.3 is 4.57 Å². The van der Waals surface area contributed by atoms with Crippen molar-refractivity contribution >= 4 is 32.6 Å². The summed E-state index contributed by atoms with van der Waals surface area (Å²) in [5, 5.41) is 4.92. The van der Waals surface area contributed by atoms with Crippen LogP contribution >= 0.6 is 11.3 Å². The van der Waals surface area contributed by atoms with Crippen LogP contribution < -0.4 is 4.90 Å². The van der Waals surface area contributed by atoms with Crippen molar-refractivity contribution in [2.45, 2.75) is 0 Å². The molecular formula is C22H16FN5OS. The van der Waals surface area contributed by atoms with E-state index in [1.54, 1.807) is 42.2 Å². The van der Waals surface area contributed by atoms with Crippen LogP contribution in [0, 0.1) is 5.82 Å². The molecule has 8 heteroatoms. The van der Waals surface area contributed by atoms with Gasteiger partial charge in [0.25, 0.3) is 5.91 Å². The van der Waals surface area contributed by atoms with Gasteiger partial charge in [-0.05, 0) is 36.4 Å². The van der Waals surface area contributed by atoms with E-state index in [0.717, 1.165) is 10.2 Å². The number of nitrogens with zero attached hydrogens (tertiary/aromatic N) is 5. The highest BCUT2D eigenvalue weighted by molar-refractivity contribution is 7.22. The molecule has 5 aromatic rings. The smallest absolute Gasteiger partial charge is 0.265 e. The molecule has 0 fully saturated rings. The molecule has 0 unspecified atom stereocenters. The largest absolute Gasteiger partial charge is 0.308 e. The second-order valence-electron chi connectivity index (χ2n) is 6.66. The van der Waals surface area contributed by atoms with Gasteiger partial charge in [0.1, 0.15) is 17.1 Å². The third kappa shape index (κ3) is 2.98. The van der Waals surface area contributed by atoms with Crippen molar-refractivity contribution in [1.29, 1.82) is 0 Å². The number of halogens is 1. The summed E-state index contributed by atoms with van der Waals surface area (Å²) in [4.78, 5) is 19.5. The average Bonchev–Trinajstić information content (AvgIpc) is 3.51. The van der Waals surface area contributed by atoms with E-state index in [9.17, 15) is 9.18 Å². The fourth-order valence-electron chi connectivity index (χ4n) is 3.29. The first-order chi connectivity index (χ1) is 14.6. The minimum atomic E-state index is -0.424. The molecule has 30 heavy (non-hydrogen) atoms. The molecule has 5 rings (SSSR count). The first-order valence-corrected chi connectivity index (χ1v) is 10.0. The third-order valence-electron chi connectivity index (χ3n) is 4.78. The van der Waals surface area contributed by atoms with E-state index in [4.69, 9.17) is 0 Å². The quantitative estimate of drug-likeness (QED) is 0.426. The van der Waals surface area contributed by atoms with Gasteiger partial charge in [-0.25, -0.2) is 14.1 Å². The van der Waals surface area contributed by atoms with Gasteiger partial charge in [-0.15, -0.1) is 0 Å². The number of fused-ring (bicyclic) bond motifs is 1. The van der Waals surface area contributed by atoms with Gasteiger partial charge in [0.05, 0.1) is 16.4 Å². The SMILES string of the molecule is CN(C(=O)c1cnn(-c2ccccc2F)c1-n1cccc1)c1nc2ccccc2s1. The first-order valence-electron chi connectivity index (χ1n) is 9.23. The van der Waals surface area contributed by atoms with Crippen LogP contribution in [0.5, 0.6) is 0 Å². The number of para-hydroxylation sites is 2. The van der Waals surface area contributed by atoms with Crippen LogP contribution in [-0.4, -0.2) is 32.3 Å². The van der Waals surface area contributed by atoms with Crippen LogP contribution in [0.3, 0.4) is 0 Å². The molecule has 148 valence electrons. The van der Waals surface area contributed by atoms with Gasteiger partial charge in [0.2, 0.25) is 0 Å². The van der Waals surface area contributed by atoms with Crippen molar-refractivity contribution in [1.82, 2.24) is 19.3 Å². The molecule has 2 aromatic carbocycles. The Morgan fingerprint density at radius 3 is 2.53 bits per heavy atom. The molecule has 1 amide bonds. The number of hydrogen-bond donors (Lipinski definition) is 0. The summed E-state index contributed by atoms with van der Waals surface area (Å²) < 4.78 is 18.7. The zero-order valence-electron chi connectivity index (χ0n) is 15.9. The van der Waals surface area contributed by atoms with Crippen molar-refractivity contribution in [3.05, 3.63) is 90.6 Å². The Balaban J connectivity index is 1.62. The summed E-state index contributed by atoms with van der Waals surface area (Å²) in [7, 11) is 1.68. The molecule has 0 spiro atoms. The molecule has 3 heterocycles. The van der Waals surface area contributed by atoms with Gasteiger partial charge in [-0.2, -0.15) is 5.10 Å². The summed E-state index contributed by atoms with van der Waals surface area (Å²) in [5.41, 5.74) is 1.45. The maximum atomic E-state index is 14.5. The summed E-state index contributed by atoms with van der Waals surface area (Å²) >= 11 is 1.44. The molecule has 0 saturated heterocycles. The van der Waals surface area contributed by atoms with Gasteiger partial charge in [-0.1, -0.05) is 35.6 Å². The van der Waals surface area contributed by atoms with Crippen LogP contribution in [0.2, 0.25) is 0 Å². The van der Waals surface area contributed by atoms with Crippen LogP contribution in [-0.2, 0) is 0 Å². The molecule has 3 aromatic heterocycles. The van der Waals surface area contributed by atoms with Crippen LogP contribution in [0.15, 0.2) is 79.3 Å². The number of benzene rings is 2. The fourth-order valence-corrected chi connectivity index (χ4v) is 4.21. The third-order valence-corrected chi connectivity index (χ3v) is 5.89. The summed E-state index contributed by atoms with van der Waals surface area (Å²) in [6, 6.07) is 17.7. The molecule has 0 bridgehead atoms. The van der Waals surface area contributed by atoms with Crippen molar-refractivity contribution in [3.63, 3.8) is 0 Å². The highest BCUT2D eigenvalue weighted by atomic mass is 32.1. The Labute approximate surface area is 175 Å². The van der Waals surface area contributed by atoms with Crippen LogP contribution in [0.1, 0.15) is 10.4 Å². The molecule has 0 aliphatic rings. The van der Waals surface area contributed by atoms with E-state index in [1.165, 1.54) is 33.2 Å². The maximum Gasteiger partial charge on any atom is 0.265 e. The van der Waals surface area contributed by atoms with Crippen molar-refractivity contribution in [2.75, 3.05) is 11.9 Å². The van der Waals surface area contributed by atoms with E-state index in [2.05, 4.69) is 10.1 Å². The number of rotatable bonds is 4.